The van der Waals surface area contributed by atoms with Gasteiger partial charge in [-0.25, -0.2) is 4.79 Å². The van der Waals surface area contributed by atoms with Crippen molar-refractivity contribution in [3.63, 3.8) is 0 Å². The molecule has 1 aliphatic heterocycles. The summed E-state index contributed by atoms with van der Waals surface area (Å²) in [5.74, 6) is -1.02. The highest BCUT2D eigenvalue weighted by Crippen LogP contribution is 2.25. The van der Waals surface area contributed by atoms with Crippen molar-refractivity contribution in [2.24, 2.45) is 5.73 Å². The van der Waals surface area contributed by atoms with Crippen LogP contribution in [-0.4, -0.2) is 59.6 Å². The second-order valence-corrected chi connectivity index (χ2v) is 5.19. The van der Waals surface area contributed by atoms with Gasteiger partial charge in [-0.1, -0.05) is 0 Å². The minimum absolute atomic E-state index is 0.132. The minimum atomic E-state index is -1.20. The molecule has 1 aliphatic rings. The SMILES string of the molecule is CNC(=O)NC(=O)C(C)N1CCCC(O)(CC(N)=O)C1. The van der Waals surface area contributed by atoms with Gasteiger partial charge in [-0.05, 0) is 26.3 Å². The minimum Gasteiger partial charge on any atom is -0.388 e. The molecular weight excluding hydrogens is 264 g/mol. The smallest absolute Gasteiger partial charge is 0.321 e. The van der Waals surface area contributed by atoms with E-state index in [2.05, 4.69) is 10.6 Å². The van der Waals surface area contributed by atoms with E-state index in [9.17, 15) is 19.5 Å². The number of primary amides is 1. The molecule has 0 saturated carbocycles. The summed E-state index contributed by atoms with van der Waals surface area (Å²) >= 11 is 0. The Morgan fingerprint density at radius 2 is 2.10 bits per heavy atom. The second-order valence-electron chi connectivity index (χ2n) is 5.19. The average Bonchev–Trinajstić information content (AvgIpc) is 2.36. The molecule has 1 rings (SSSR count). The molecule has 0 aliphatic carbocycles. The van der Waals surface area contributed by atoms with Crippen molar-refractivity contribution in [3.05, 3.63) is 0 Å². The lowest BCUT2D eigenvalue weighted by atomic mass is 9.88. The maximum atomic E-state index is 11.9. The zero-order valence-electron chi connectivity index (χ0n) is 11.8. The normalized spacial score (nSPS) is 24.8. The first-order valence-corrected chi connectivity index (χ1v) is 6.55. The molecule has 0 radical (unpaired) electrons. The zero-order valence-corrected chi connectivity index (χ0v) is 11.8. The summed E-state index contributed by atoms with van der Waals surface area (Å²) in [5.41, 5.74) is 3.92. The molecule has 8 nitrogen and oxygen atoms in total. The summed E-state index contributed by atoms with van der Waals surface area (Å²) in [4.78, 5) is 35.7. The van der Waals surface area contributed by atoms with Crippen LogP contribution < -0.4 is 16.4 Å². The summed E-state index contributed by atoms with van der Waals surface area (Å²) in [7, 11) is 1.42. The maximum absolute atomic E-state index is 11.9. The molecule has 1 fully saturated rings. The van der Waals surface area contributed by atoms with Crippen molar-refractivity contribution in [3.8, 4) is 0 Å². The molecule has 0 aromatic heterocycles. The Morgan fingerprint density at radius 1 is 1.45 bits per heavy atom. The average molecular weight is 286 g/mol. The number of likely N-dealkylation sites (tertiary alicyclic amines) is 1. The van der Waals surface area contributed by atoms with Gasteiger partial charge in [-0.15, -0.1) is 0 Å². The van der Waals surface area contributed by atoms with Crippen LogP contribution in [0.25, 0.3) is 0 Å². The van der Waals surface area contributed by atoms with Gasteiger partial charge < -0.3 is 16.2 Å². The summed E-state index contributed by atoms with van der Waals surface area (Å²) in [5, 5.41) is 14.8. The number of nitrogens with zero attached hydrogens (tertiary/aromatic N) is 1. The number of aliphatic hydroxyl groups is 1. The summed E-state index contributed by atoms with van der Waals surface area (Å²) < 4.78 is 0. The number of carbonyl (C=O) groups excluding carboxylic acids is 3. The number of hydrogen-bond donors (Lipinski definition) is 4. The van der Waals surface area contributed by atoms with Crippen molar-refractivity contribution >= 4 is 17.8 Å². The lowest BCUT2D eigenvalue weighted by Crippen LogP contribution is -2.56. The van der Waals surface area contributed by atoms with E-state index in [0.29, 0.717) is 19.4 Å². The fourth-order valence-electron chi connectivity index (χ4n) is 2.39. The van der Waals surface area contributed by atoms with Crippen LogP contribution >= 0.6 is 0 Å². The number of piperidine rings is 1. The predicted octanol–water partition coefficient (Wildman–Crippen LogP) is -1.47. The molecule has 0 aromatic rings. The molecule has 0 bridgehead atoms. The van der Waals surface area contributed by atoms with Crippen molar-refractivity contribution in [1.82, 2.24) is 15.5 Å². The van der Waals surface area contributed by atoms with Crippen molar-refractivity contribution in [1.29, 1.82) is 0 Å². The topological polar surface area (TPSA) is 125 Å². The highest BCUT2D eigenvalue weighted by Gasteiger charge is 2.37. The van der Waals surface area contributed by atoms with E-state index in [0.717, 1.165) is 0 Å². The molecular formula is C12H22N4O4. The number of imide groups is 1. The second kappa shape index (κ2) is 6.67. The van der Waals surface area contributed by atoms with Gasteiger partial charge in [0.15, 0.2) is 0 Å². The Balaban J connectivity index is 2.64. The predicted molar refractivity (Wildman–Crippen MR) is 71.6 cm³/mol. The van der Waals surface area contributed by atoms with Gasteiger partial charge in [0.2, 0.25) is 11.8 Å². The molecule has 8 heteroatoms. The van der Waals surface area contributed by atoms with Crippen LogP contribution in [0.1, 0.15) is 26.2 Å². The van der Waals surface area contributed by atoms with E-state index in [1.165, 1.54) is 7.05 Å². The Labute approximate surface area is 117 Å². The lowest BCUT2D eigenvalue weighted by Gasteiger charge is -2.40. The largest absolute Gasteiger partial charge is 0.388 e. The van der Waals surface area contributed by atoms with Crippen molar-refractivity contribution < 1.29 is 19.5 Å². The van der Waals surface area contributed by atoms with Crippen molar-refractivity contribution in [2.45, 2.75) is 37.8 Å². The zero-order chi connectivity index (χ0) is 15.3. The van der Waals surface area contributed by atoms with Crippen LogP contribution in [0.4, 0.5) is 4.79 Å². The fraction of sp³-hybridized carbons (Fsp3) is 0.750. The molecule has 1 saturated heterocycles. The van der Waals surface area contributed by atoms with Crippen LogP contribution in [0.2, 0.25) is 0 Å². The van der Waals surface area contributed by atoms with Gasteiger partial charge in [0, 0.05) is 13.6 Å². The van der Waals surface area contributed by atoms with E-state index < -0.39 is 29.5 Å². The molecule has 1 heterocycles. The number of carbonyl (C=O) groups is 3. The number of nitrogens with one attached hydrogen (secondary N) is 2. The summed E-state index contributed by atoms with van der Waals surface area (Å²) in [6, 6.07) is -1.15. The third-order valence-corrected chi connectivity index (χ3v) is 3.48. The Kier molecular flexibility index (Phi) is 5.46. The Bertz CT molecular complexity index is 401. The quantitative estimate of drug-likeness (QED) is 0.502. The van der Waals surface area contributed by atoms with Gasteiger partial charge in [-0.2, -0.15) is 0 Å². The van der Waals surface area contributed by atoms with Gasteiger partial charge in [0.05, 0.1) is 18.1 Å². The van der Waals surface area contributed by atoms with E-state index in [1.54, 1.807) is 11.8 Å². The molecule has 0 aromatic carbocycles. The molecule has 4 amide bonds. The number of urea groups is 1. The number of rotatable bonds is 4. The van der Waals surface area contributed by atoms with Crippen LogP contribution in [0.5, 0.6) is 0 Å². The first-order valence-electron chi connectivity index (χ1n) is 6.55. The van der Waals surface area contributed by atoms with Crippen LogP contribution in [-0.2, 0) is 9.59 Å². The van der Waals surface area contributed by atoms with Gasteiger partial charge in [-0.3, -0.25) is 19.8 Å². The molecule has 114 valence electrons. The third kappa shape index (κ3) is 4.46. The van der Waals surface area contributed by atoms with Crippen LogP contribution in [0.3, 0.4) is 0 Å². The number of amides is 4. The lowest BCUT2D eigenvalue weighted by molar-refractivity contribution is -0.130. The molecule has 2 unspecified atom stereocenters. The van der Waals surface area contributed by atoms with Gasteiger partial charge in [0.25, 0.3) is 0 Å². The van der Waals surface area contributed by atoms with Crippen LogP contribution in [0, 0.1) is 0 Å². The van der Waals surface area contributed by atoms with Crippen LogP contribution in [0.15, 0.2) is 0 Å². The summed E-state index contributed by atoms with van der Waals surface area (Å²) in [6.45, 7) is 2.44. The highest BCUT2D eigenvalue weighted by molar-refractivity contribution is 5.96. The fourth-order valence-corrected chi connectivity index (χ4v) is 2.39. The number of nitrogens with two attached hydrogens (primary N) is 1. The van der Waals surface area contributed by atoms with Gasteiger partial charge in [0.1, 0.15) is 0 Å². The summed E-state index contributed by atoms with van der Waals surface area (Å²) in [6.07, 6.45) is 0.991. The number of hydrogen-bond acceptors (Lipinski definition) is 5. The standard InChI is InChI=1S/C12H22N4O4/c1-8(10(18)15-11(19)14-2)16-5-3-4-12(20,7-16)6-9(13)17/h8,20H,3-7H2,1-2H3,(H2,13,17)(H2,14,15,18,19). The first kappa shape index (κ1) is 16.4. The van der Waals surface area contributed by atoms with E-state index in [-0.39, 0.29) is 13.0 Å². The first-order chi connectivity index (χ1) is 9.27. The van der Waals surface area contributed by atoms with Gasteiger partial charge >= 0.3 is 6.03 Å². The van der Waals surface area contributed by atoms with E-state index in [1.807, 2.05) is 0 Å². The Morgan fingerprint density at radius 3 is 2.65 bits per heavy atom. The molecule has 20 heavy (non-hydrogen) atoms. The molecule has 5 N–H and O–H groups in total. The third-order valence-electron chi connectivity index (χ3n) is 3.48. The Hall–Kier alpha value is -1.67. The molecule has 0 spiro atoms. The van der Waals surface area contributed by atoms with Crippen molar-refractivity contribution in [2.75, 3.05) is 20.1 Å². The highest BCUT2D eigenvalue weighted by atomic mass is 16.3. The maximum Gasteiger partial charge on any atom is 0.321 e. The number of β-amino-alcohol motifs (C(OH)–C–C–N with tert-alkyl or cyclic N) is 1. The monoisotopic (exact) mass is 286 g/mol. The van der Waals surface area contributed by atoms with E-state index >= 15 is 0 Å². The van der Waals surface area contributed by atoms with E-state index in [4.69, 9.17) is 5.73 Å². The molecule has 2 atom stereocenters.